The molecule has 0 radical (unpaired) electrons. The van der Waals surface area contributed by atoms with Crippen LogP contribution in [0.5, 0.6) is 11.6 Å². The summed E-state index contributed by atoms with van der Waals surface area (Å²) < 4.78 is 5.77. The molecule has 0 unspecified atom stereocenters. The van der Waals surface area contributed by atoms with Gasteiger partial charge in [-0.15, -0.1) is 0 Å². The van der Waals surface area contributed by atoms with Crippen LogP contribution in [-0.2, 0) is 6.42 Å². The van der Waals surface area contributed by atoms with Gasteiger partial charge in [0, 0.05) is 11.8 Å². The number of hydrogen-bond donors (Lipinski definition) is 0. The van der Waals surface area contributed by atoms with Crippen LogP contribution >= 0.6 is 23.4 Å². The predicted octanol–water partition coefficient (Wildman–Crippen LogP) is 3.91. The van der Waals surface area contributed by atoms with Gasteiger partial charge in [0.05, 0.1) is 5.69 Å². The molecule has 100 valence electrons. The minimum absolute atomic E-state index is 0.368. The van der Waals surface area contributed by atoms with Gasteiger partial charge in [0.1, 0.15) is 5.15 Å². The second kappa shape index (κ2) is 6.21. The van der Waals surface area contributed by atoms with Crippen molar-refractivity contribution < 1.29 is 4.74 Å². The Kier molecular flexibility index (Phi) is 4.61. The van der Waals surface area contributed by atoms with E-state index in [0.29, 0.717) is 21.9 Å². The van der Waals surface area contributed by atoms with Gasteiger partial charge in [-0.05, 0) is 31.7 Å². The van der Waals surface area contributed by atoms with E-state index in [1.165, 1.54) is 11.8 Å². The molecule has 2 heterocycles. The predicted molar refractivity (Wildman–Crippen MR) is 77.2 cm³/mol. The number of halogens is 1. The zero-order valence-electron chi connectivity index (χ0n) is 11.0. The first-order valence-corrected chi connectivity index (χ1v) is 7.45. The molecule has 19 heavy (non-hydrogen) atoms. The van der Waals surface area contributed by atoms with Crippen LogP contribution in [0.1, 0.15) is 18.3 Å². The molecule has 0 aliphatic heterocycles. The first-order valence-electron chi connectivity index (χ1n) is 5.85. The van der Waals surface area contributed by atoms with E-state index in [2.05, 4.69) is 15.0 Å². The van der Waals surface area contributed by atoms with Gasteiger partial charge in [-0.25, -0.2) is 4.98 Å². The third-order valence-corrected chi connectivity index (χ3v) is 3.20. The zero-order chi connectivity index (χ0) is 13.8. The maximum atomic E-state index is 5.93. The fraction of sp³-hybridized carbons (Fsp3) is 0.308. The van der Waals surface area contributed by atoms with E-state index in [1.54, 1.807) is 6.07 Å². The summed E-state index contributed by atoms with van der Waals surface area (Å²) in [6.07, 6.45) is 2.69. The van der Waals surface area contributed by atoms with Gasteiger partial charge < -0.3 is 4.74 Å². The molecule has 4 nitrogen and oxygen atoms in total. The molecule has 2 aromatic heterocycles. The number of thioether (sulfide) groups is 1. The van der Waals surface area contributed by atoms with Gasteiger partial charge in [0.25, 0.3) is 0 Å². The summed E-state index contributed by atoms with van der Waals surface area (Å²) in [4.78, 5) is 12.8. The number of ether oxygens (including phenoxy) is 1. The lowest BCUT2D eigenvalue weighted by Gasteiger charge is -2.10. The number of rotatable bonds is 4. The Morgan fingerprint density at radius 3 is 2.74 bits per heavy atom. The summed E-state index contributed by atoms with van der Waals surface area (Å²) >= 11 is 7.35. The highest BCUT2D eigenvalue weighted by atomic mass is 35.5. The van der Waals surface area contributed by atoms with Crippen LogP contribution in [0.4, 0.5) is 0 Å². The maximum absolute atomic E-state index is 5.93. The highest BCUT2D eigenvalue weighted by molar-refractivity contribution is 7.98. The van der Waals surface area contributed by atoms with Crippen molar-refractivity contribution in [1.82, 2.24) is 15.0 Å². The van der Waals surface area contributed by atoms with Crippen LogP contribution < -0.4 is 4.74 Å². The van der Waals surface area contributed by atoms with Crippen LogP contribution in [-0.4, -0.2) is 21.2 Å². The molecule has 2 rings (SSSR count). The van der Waals surface area contributed by atoms with Crippen molar-refractivity contribution in [3.05, 3.63) is 34.7 Å². The number of nitrogens with zero attached hydrogens (tertiary/aromatic N) is 3. The first kappa shape index (κ1) is 14.1. The minimum Gasteiger partial charge on any atom is -0.437 e. The van der Waals surface area contributed by atoms with Gasteiger partial charge in [0.15, 0.2) is 10.9 Å². The Bertz CT molecular complexity index is 592. The molecule has 0 saturated carbocycles. The van der Waals surface area contributed by atoms with Gasteiger partial charge in [-0.2, -0.15) is 4.98 Å². The lowest BCUT2D eigenvalue weighted by Crippen LogP contribution is -1.98. The Labute approximate surface area is 121 Å². The van der Waals surface area contributed by atoms with Crippen molar-refractivity contribution in [3.8, 4) is 11.6 Å². The largest absolute Gasteiger partial charge is 0.437 e. The van der Waals surface area contributed by atoms with Crippen LogP contribution in [0.3, 0.4) is 0 Å². The van der Waals surface area contributed by atoms with Crippen LogP contribution in [0.2, 0.25) is 5.15 Å². The number of pyridine rings is 1. The molecular formula is C13H14ClN3OS. The first-order chi connectivity index (χ1) is 9.12. The van der Waals surface area contributed by atoms with E-state index >= 15 is 0 Å². The topological polar surface area (TPSA) is 47.9 Å². The molecule has 0 N–H and O–H groups in total. The zero-order valence-corrected chi connectivity index (χ0v) is 12.5. The Morgan fingerprint density at radius 2 is 2.05 bits per heavy atom. The summed E-state index contributed by atoms with van der Waals surface area (Å²) in [6, 6.07) is 5.41. The Balaban J connectivity index is 2.33. The van der Waals surface area contributed by atoms with E-state index in [9.17, 15) is 0 Å². The van der Waals surface area contributed by atoms with E-state index in [0.717, 1.165) is 17.8 Å². The van der Waals surface area contributed by atoms with E-state index in [1.807, 2.05) is 32.2 Å². The lowest BCUT2D eigenvalue weighted by atomic mass is 10.2. The molecule has 0 amide bonds. The molecule has 0 atom stereocenters. The van der Waals surface area contributed by atoms with Gasteiger partial charge in [-0.3, -0.25) is 4.98 Å². The van der Waals surface area contributed by atoms with Crippen molar-refractivity contribution in [2.45, 2.75) is 25.4 Å². The molecule has 0 aromatic carbocycles. The molecule has 0 aliphatic carbocycles. The normalized spacial score (nSPS) is 10.5. The summed E-state index contributed by atoms with van der Waals surface area (Å²) in [5, 5.41) is 0.952. The van der Waals surface area contributed by atoms with Crippen molar-refractivity contribution >= 4 is 23.4 Å². The third-order valence-electron chi connectivity index (χ3n) is 2.45. The van der Waals surface area contributed by atoms with Crippen molar-refractivity contribution in [1.29, 1.82) is 0 Å². The lowest BCUT2D eigenvalue weighted by molar-refractivity contribution is 0.447. The minimum atomic E-state index is 0.368. The molecule has 0 aliphatic rings. The maximum Gasteiger partial charge on any atom is 0.224 e. The fourth-order valence-electron chi connectivity index (χ4n) is 1.58. The quantitative estimate of drug-likeness (QED) is 0.486. The van der Waals surface area contributed by atoms with Crippen molar-refractivity contribution in [3.63, 3.8) is 0 Å². The SMILES string of the molecule is CCc1nc(C)ccc1Oc1cc(Cl)nc(SC)n1. The summed E-state index contributed by atoms with van der Waals surface area (Å²) in [6.45, 7) is 3.99. The van der Waals surface area contributed by atoms with E-state index < -0.39 is 0 Å². The third kappa shape index (κ3) is 3.58. The fourth-order valence-corrected chi connectivity index (χ4v) is 2.17. The van der Waals surface area contributed by atoms with Crippen LogP contribution in [0, 0.1) is 6.92 Å². The average molecular weight is 296 g/mol. The highest BCUT2D eigenvalue weighted by Gasteiger charge is 2.09. The summed E-state index contributed by atoms with van der Waals surface area (Å²) in [5.41, 5.74) is 1.87. The second-order valence-electron chi connectivity index (χ2n) is 3.87. The highest BCUT2D eigenvalue weighted by Crippen LogP contribution is 2.26. The summed E-state index contributed by atoms with van der Waals surface area (Å²) in [7, 11) is 0. The van der Waals surface area contributed by atoms with Gasteiger partial charge >= 0.3 is 0 Å². The molecule has 0 saturated heterocycles. The average Bonchev–Trinajstić information content (AvgIpc) is 2.40. The van der Waals surface area contributed by atoms with Crippen LogP contribution in [0.15, 0.2) is 23.4 Å². The number of hydrogen-bond acceptors (Lipinski definition) is 5. The van der Waals surface area contributed by atoms with E-state index in [4.69, 9.17) is 16.3 Å². The molecule has 0 spiro atoms. The smallest absolute Gasteiger partial charge is 0.224 e. The molecular weight excluding hydrogens is 282 g/mol. The van der Waals surface area contributed by atoms with Gasteiger partial charge in [-0.1, -0.05) is 30.3 Å². The number of aryl methyl sites for hydroxylation is 2. The molecule has 0 bridgehead atoms. The monoisotopic (exact) mass is 295 g/mol. The summed E-state index contributed by atoms with van der Waals surface area (Å²) in [5.74, 6) is 1.14. The molecule has 6 heteroatoms. The van der Waals surface area contributed by atoms with E-state index in [-0.39, 0.29) is 0 Å². The second-order valence-corrected chi connectivity index (χ2v) is 5.03. The Hall–Kier alpha value is -1.33. The van der Waals surface area contributed by atoms with Crippen LogP contribution in [0.25, 0.3) is 0 Å². The number of aromatic nitrogens is 3. The molecule has 0 fully saturated rings. The Morgan fingerprint density at radius 1 is 1.26 bits per heavy atom. The van der Waals surface area contributed by atoms with Crippen molar-refractivity contribution in [2.24, 2.45) is 0 Å². The standard InChI is InChI=1S/C13H14ClN3OS/c1-4-9-10(6-5-8(2)15-9)18-12-7-11(14)16-13(17-12)19-3/h5-7H,4H2,1-3H3. The van der Waals surface area contributed by atoms with Crippen molar-refractivity contribution in [2.75, 3.05) is 6.26 Å². The van der Waals surface area contributed by atoms with Gasteiger partial charge in [0.2, 0.25) is 5.88 Å². The molecule has 2 aromatic rings.